The van der Waals surface area contributed by atoms with Crippen molar-refractivity contribution in [1.29, 1.82) is 0 Å². The van der Waals surface area contributed by atoms with Gasteiger partial charge in [0.15, 0.2) is 0 Å². The van der Waals surface area contributed by atoms with Crippen LogP contribution >= 0.6 is 34.8 Å². The largest absolute Gasteiger partial charge is 0.292 e. The lowest BCUT2D eigenvalue weighted by Crippen LogP contribution is -2.53. The van der Waals surface area contributed by atoms with Crippen molar-refractivity contribution in [2.75, 3.05) is 0 Å². The number of sulfone groups is 1. The lowest BCUT2D eigenvalue weighted by Gasteiger charge is -2.49. The average molecular weight is 278 g/mol. The first-order valence-corrected chi connectivity index (χ1v) is 7.32. The summed E-state index contributed by atoms with van der Waals surface area (Å²) in [5.74, 6) is 0.462. The number of hydrogen-bond acceptors (Lipinski definition) is 2. The van der Waals surface area contributed by atoms with Crippen LogP contribution in [0.15, 0.2) is 0 Å². The van der Waals surface area contributed by atoms with E-state index in [0.717, 1.165) is 25.7 Å². The molecule has 0 amide bonds. The maximum Gasteiger partial charge on any atom is 0.292 e. The molecule has 3 atom stereocenters. The first kappa shape index (κ1) is 11.3. The van der Waals surface area contributed by atoms with Crippen LogP contribution in [-0.4, -0.2) is 16.8 Å². The molecule has 2 nitrogen and oxygen atoms in total. The van der Waals surface area contributed by atoms with Crippen molar-refractivity contribution < 1.29 is 8.42 Å². The molecule has 0 saturated heterocycles. The third-order valence-corrected chi connectivity index (χ3v) is 7.43. The molecule has 0 aliphatic heterocycles. The zero-order valence-corrected chi connectivity index (χ0v) is 10.5. The summed E-state index contributed by atoms with van der Waals surface area (Å²) in [6.45, 7) is 0. The van der Waals surface area contributed by atoms with Gasteiger partial charge in [0, 0.05) is 0 Å². The van der Waals surface area contributed by atoms with Gasteiger partial charge in [-0.2, -0.15) is 0 Å². The van der Waals surface area contributed by atoms with Gasteiger partial charge >= 0.3 is 0 Å². The van der Waals surface area contributed by atoms with Crippen molar-refractivity contribution in [3.05, 3.63) is 0 Å². The van der Waals surface area contributed by atoms with E-state index in [9.17, 15) is 8.42 Å². The maximum absolute atomic E-state index is 11.9. The van der Waals surface area contributed by atoms with Gasteiger partial charge in [0.1, 0.15) is 0 Å². The zero-order chi connectivity index (χ0) is 10.6. The molecular weight excluding hydrogens is 267 g/mol. The lowest BCUT2D eigenvalue weighted by atomic mass is 9.65. The fourth-order valence-electron chi connectivity index (χ4n) is 2.71. The summed E-state index contributed by atoms with van der Waals surface area (Å²) in [5, 5.41) is -0.399. The Kier molecular flexibility index (Phi) is 2.75. The van der Waals surface area contributed by atoms with Gasteiger partial charge in [0.2, 0.25) is 9.84 Å². The topological polar surface area (TPSA) is 34.1 Å². The van der Waals surface area contributed by atoms with Crippen LogP contribution in [0, 0.1) is 11.8 Å². The Hall–Kier alpha value is 0.820. The van der Waals surface area contributed by atoms with Gasteiger partial charge in [0.25, 0.3) is 3.12 Å². The Morgan fingerprint density at radius 3 is 1.93 bits per heavy atom. The van der Waals surface area contributed by atoms with Crippen molar-refractivity contribution in [1.82, 2.24) is 0 Å². The number of fused-ring (bicyclic) bond motifs is 2. The summed E-state index contributed by atoms with van der Waals surface area (Å²) >= 11 is 16.5. The van der Waals surface area contributed by atoms with E-state index in [2.05, 4.69) is 0 Å². The minimum Gasteiger partial charge on any atom is -0.224 e. The predicted octanol–water partition coefficient (Wildman–Crippen LogP) is 2.92. The highest BCUT2D eigenvalue weighted by atomic mass is 35.6. The molecule has 82 valence electrons. The van der Waals surface area contributed by atoms with Crippen LogP contribution < -0.4 is 0 Å². The molecule has 2 bridgehead atoms. The zero-order valence-electron chi connectivity index (χ0n) is 7.42. The van der Waals surface area contributed by atoms with Crippen LogP contribution in [0.25, 0.3) is 0 Å². The Labute approximate surface area is 98.8 Å². The van der Waals surface area contributed by atoms with Crippen molar-refractivity contribution in [3.8, 4) is 0 Å². The summed E-state index contributed by atoms with van der Waals surface area (Å²) in [5.41, 5.74) is 0. The van der Waals surface area contributed by atoms with Gasteiger partial charge in [0.05, 0.1) is 5.25 Å². The minimum atomic E-state index is -3.60. The maximum atomic E-state index is 11.9. The third kappa shape index (κ3) is 1.57. The highest BCUT2D eigenvalue weighted by Crippen LogP contribution is 2.53. The minimum absolute atomic E-state index is 0.231. The van der Waals surface area contributed by atoms with Crippen LogP contribution in [0.5, 0.6) is 0 Å². The summed E-state index contributed by atoms with van der Waals surface area (Å²) in [6.07, 6.45) is 4.02. The standard InChI is InChI=1S/C8H11Cl3O2S/c9-8(10,11)14(12,13)7-5-2-1-3-6(7)4-5/h5-7H,1-4H2/t5-,6+,7?. The van der Waals surface area contributed by atoms with E-state index >= 15 is 0 Å². The second-order valence-corrected chi connectivity index (χ2v) is 9.34. The van der Waals surface area contributed by atoms with Gasteiger partial charge in [-0.1, -0.05) is 41.2 Å². The molecule has 0 heterocycles. The van der Waals surface area contributed by atoms with E-state index in [1.165, 1.54) is 0 Å². The van der Waals surface area contributed by atoms with E-state index in [0.29, 0.717) is 0 Å². The van der Waals surface area contributed by atoms with Crippen LogP contribution in [0.3, 0.4) is 0 Å². The van der Waals surface area contributed by atoms with Gasteiger partial charge in [-0.15, -0.1) is 0 Å². The predicted molar refractivity (Wildman–Crippen MR) is 58.4 cm³/mol. The molecule has 3 rings (SSSR count). The molecule has 0 aromatic heterocycles. The highest BCUT2D eigenvalue weighted by molar-refractivity contribution is 7.97. The quantitative estimate of drug-likeness (QED) is 0.691. The molecule has 0 aromatic carbocycles. The third-order valence-electron chi connectivity index (χ3n) is 3.37. The number of hydrogen-bond donors (Lipinski definition) is 0. The summed E-state index contributed by atoms with van der Waals surface area (Å²) < 4.78 is 21.6. The summed E-state index contributed by atoms with van der Waals surface area (Å²) in [4.78, 5) is 0. The smallest absolute Gasteiger partial charge is 0.224 e. The van der Waals surface area contributed by atoms with E-state index in [-0.39, 0.29) is 11.8 Å². The van der Waals surface area contributed by atoms with Crippen LogP contribution in [-0.2, 0) is 9.84 Å². The molecule has 3 fully saturated rings. The van der Waals surface area contributed by atoms with Crippen molar-refractivity contribution >= 4 is 44.6 Å². The Bertz CT molecular complexity index is 319. The molecular formula is C8H11Cl3O2S. The van der Waals surface area contributed by atoms with E-state index in [1.54, 1.807) is 0 Å². The van der Waals surface area contributed by atoms with Gasteiger partial charge in [-0.05, 0) is 31.1 Å². The van der Waals surface area contributed by atoms with Crippen LogP contribution in [0.2, 0.25) is 0 Å². The molecule has 0 spiro atoms. The SMILES string of the molecule is O=S(=O)(C1[C@@H]2CCC[C@H]1C2)C(Cl)(Cl)Cl. The lowest BCUT2D eigenvalue weighted by molar-refractivity contribution is 0.121. The first-order valence-electron chi connectivity index (χ1n) is 4.64. The number of rotatable bonds is 1. The molecule has 0 aromatic rings. The monoisotopic (exact) mass is 276 g/mol. The van der Waals surface area contributed by atoms with E-state index < -0.39 is 18.2 Å². The second kappa shape index (κ2) is 3.41. The summed E-state index contributed by atoms with van der Waals surface area (Å²) in [6, 6.07) is 0. The number of halogens is 3. The molecule has 3 aliphatic carbocycles. The molecule has 0 N–H and O–H groups in total. The molecule has 1 unspecified atom stereocenters. The Balaban J connectivity index is 2.25. The van der Waals surface area contributed by atoms with E-state index in [4.69, 9.17) is 34.8 Å². The van der Waals surface area contributed by atoms with Crippen molar-refractivity contribution in [2.45, 2.75) is 34.1 Å². The second-order valence-electron chi connectivity index (χ2n) is 4.14. The molecule has 3 saturated carbocycles. The molecule has 14 heavy (non-hydrogen) atoms. The van der Waals surface area contributed by atoms with Crippen LogP contribution in [0.1, 0.15) is 25.7 Å². The van der Waals surface area contributed by atoms with E-state index in [1.807, 2.05) is 0 Å². The highest BCUT2D eigenvalue weighted by Gasteiger charge is 2.56. The van der Waals surface area contributed by atoms with Gasteiger partial charge < -0.3 is 0 Å². The molecule has 3 aliphatic rings. The molecule has 0 radical (unpaired) electrons. The Morgan fingerprint density at radius 1 is 1.07 bits per heavy atom. The number of alkyl halides is 3. The van der Waals surface area contributed by atoms with Crippen molar-refractivity contribution in [2.24, 2.45) is 11.8 Å². The van der Waals surface area contributed by atoms with Crippen LogP contribution in [0.4, 0.5) is 0 Å². The normalized spacial score (nSPS) is 37.8. The fourth-order valence-corrected chi connectivity index (χ4v) is 5.46. The molecule has 6 heteroatoms. The fraction of sp³-hybridized carbons (Fsp3) is 1.00. The Morgan fingerprint density at radius 2 is 1.57 bits per heavy atom. The van der Waals surface area contributed by atoms with Gasteiger partial charge in [-0.3, -0.25) is 0 Å². The first-order chi connectivity index (χ1) is 6.34. The summed E-state index contributed by atoms with van der Waals surface area (Å²) in [7, 11) is -3.60. The average Bonchev–Trinajstić information content (AvgIpc) is 2.02. The van der Waals surface area contributed by atoms with Crippen molar-refractivity contribution in [3.63, 3.8) is 0 Å². The van der Waals surface area contributed by atoms with Gasteiger partial charge in [-0.25, -0.2) is 8.42 Å².